The molecule has 156 valence electrons. The van der Waals surface area contributed by atoms with E-state index in [-0.39, 0.29) is 11.7 Å². The minimum Gasteiger partial charge on any atom is -0.461 e. The number of carbonyl (C=O) groups is 1. The molecule has 0 aliphatic heterocycles. The predicted molar refractivity (Wildman–Crippen MR) is 123 cm³/mol. The van der Waals surface area contributed by atoms with Gasteiger partial charge in [-0.05, 0) is 35.7 Å². The Morgan fingerprint density at radius 1 is 1.06 bits per heavy atom. The molecule has 7 heteroatoms. The lowest BCUT2D eigenvalue weighted by molar-refractivity contribution is -0.113. The molecule has 2 aromatic heterocycles. The quantitative estimate of drug-likeness (QED) is 0.297. The highest BCUT2D eigenvalue weighted by atomic mass is 32.2. The number of aromatic nitrogens is 3. The summed E-state index contributed by atoms with van der Waals surface area (Å²) in [5.74, 6) is 1.35. The van der Waals surface area contributed by atoms with Crippen LogP contribution in [0.25, 0.3) is 11.6 Å². The maximum Gasteiger partial charge on any atom is 0.234 e. The molecule has 0 bridgehead atoms. The summed E-state index contributed by atoms with van der Waals surface area (Å²) in [6.07, 6.45) is 4.11. The zero-order chi connectivity index (χ0) is 21.5. The molecule has 0 unspecified atom stereocenters. The third kappa shape index (κ3) is 5.13. The van der Waals surface area contributed by atoms with Crippen molar-refractivity contribution < 1.29 is 9.21 Å². The molecule has 4 aromatic rings. The van der Waals surface area contributed by atoms with Crippen LogP contribution in [-0.4, -0.2) is 26.4 Å². The van der Waals surface area contributed by atoms with Crippen molar-refractivity contribution in [2.75, 3.05) is 11.1 Å². The number of thioether (sulfide) groups is 1. The topological polar surface area (TPSA) is 73.0 Å². The molecule has 0 spiro atoms. The van der Waals surface area contributed by atoms with E-state index in [1.807, 2.05) is 53.1 Å². The molecule has 0 radical (unpaired) electrons. The van der Waals surface area contributed by atoms with E-state index in [0.717, 1.165) is 17.7 Å². The Kier molecular flexibility index (Phi) is 6.64. The maximum atomic E-state index is 12.7. The second-order valence-corrected chi connectivity index (χ2v) is 7.78. The zero-order valence-corrected chi connectivity index (χ0v) is 17.7. The monoisotopic (exact) mass is 430 g/mol. The summed E-state index contributed by atoms with van der Waals surface area (Å²) in [5.41, 5.74) is 3.09. The molecular formula is C24H22N4O2S. The first-order chi connectivity index (χ1) is 15.2. The third-order valence-electron chi connectivity index (χ3n) is 4.63. The highest BCUT2D eigenvalue weighted by Crippen LogP contribution is 2.25. The second-order valence-electron chi connectivity index (χ2n) is 6.84. The van der Waals surface area contributed by atoms with Gasteiger partial charge in [0.25, 0.3) is 0 Å². The number of nitrogens with zero attached hydrogens (tertiary/aromatic N) is 3. The molecule has 1 N–H and O–H groups in total. The Bertz CT molecular complexity index is 1150. The van der Waals surface area contributed by atoms with E-state index in [2.05, 4.69) is 34.2 Å². The van der Waals surface area contributed by atoms with E-state index in [0.29, 0.717) is 23.3 Å². The number of anilines is 1. The summed E-state index contributed by atoms with van der Waals surface area (Å²) in [5, 5.41) is 12.1. The summed E-state index contributed by atoms with van der Waals surface area (Å²) in [6.45, 7) is 4.32. The van der Waals surface area contributed by atoms with Crippen LogP contribution in [-0.2, 0) is 17.8 Å². The Balaban J connectivity index is 1.43. The smallest absolute Gasteiger partial charge is 0.234 e. The number of furan rings is 1. The van der Waals surface area contributed by atoms with Gasteiger partial charge in [0.05, 0.1) is 12.0 Å². The number of para-hydroxylation sites is 1. The van der Waals surface area contributed by atoms with Gasteiger partial charge in [0.2, 0.25) is 11.7 Å². The van der Waals surface area contributed by atoms with E-state index in [4.69, 9.17) is 4.42 Å². The standard InChI is InChI=1S/C24H22N4O2S/c1-2-14-28-23(21-13-8-15-30-21)26-27-24(28)31-17-22(29)25-20-12-7-6-11-19(20)16-18-9-4-3-5-10-18/h2-13,15H,1,14,16-17H2,(H,25,29). The van der Waals surface area contributed by atoms with Gasteiger partial charge < -0.3 is 9.73 Å². The van der Waals surface area contributed by atoms with Crippen LogP contribution in [0.5, 0.6) is 0 Å². The first kappa shape index (κ1) is 20.7. The fourth-order valence-corrected chi connectivity index (χ4v) is 3.95. The van der Waals surface area contributed by atoms with Crippen LogP contribution in [0.2, 0.25) is 0 Å². The van der Waals surface area contributed by atoms with Crippen LogP contribution < -0.4 is 5.32 Å². The minimum absolute atomic E-state index is 0.0989. The van der Waals surface area contributed by atoms with Crippen molar-refractivity contribution in [3.63, 3.8) is 0 Å². The number of benzene rings is 2. The van der Waals surface area contributed by atoms with Gasteiger partial charge in [-0.2, -0.15) is 0 Å². The van der Waals surface area contributed by atoms with Crippen LogP contribution in [0, 0.1) is 0 Å². The number of allylic oxidation sites excluding steroid dienone is 1. The molecule has 1 amide bonds. The van der Waals surface area contributed by atoms with Crippen molar-refractivity contribution in [3.8, 4) is 11.6 Å². The molecular weight excluding hydrogens is 408 g/mol. The van der Waals surface area contributed by atoms with E-state index in [1.54, 1.807) is 18.4 Å². The number of rotatable bonds is 9. The molecule has 0 saturated heterocycles. The van der Waals surface area contributed by atoms with Crippen molar-refractivity contribution in [3.05, 3.63) is 96.8 Å². The lowest BCUT2D eigenvalue weighted by Gasteiger charge is -2.11. The Morgan fingerprint density at radius 2 is 1.87 bits per heavy atom. The molecule has 0 saturated carbocycles. The molecule has 0 aliphatic rings. The van der Waals surface area contributed by atoms with Gasteiger partial charge in [0.15, 0.2) is 10.9 Å². The Labute approximate surface area is 185 Å². The van der Waals surface area contributed by atoms with Gasteiger partial charge in [0, 0.05) is 12.2 Å². The van der Waals surface area contributed by atoms with E-state index in [9.17, 15) is 4.79 Å². The average Bonchev–Trinajstić information content (AvgIpc) is 3.45. The largest absolute Gasteiger partial charge is 0.461 e. The van der Waals surface area contributed by atoms with Crippen molar-refractivity contribution >= 4 is 23.4 Å². The first-order valence-corrected chi connectivity index (χ1v) is 10.9. The molecule has 0 atom stereocenters. The first-order valence-electron chi connectivity index (χ1n) is 9.87. The summed E-state index contributed by atoms with van der Waals surface area (Å²) in [6, 6.07) is 21.7. The average molecular weight is 431 g/mol. The van der Waals surface area contributed by atoms with E-state index < -0.39 is 0 Å². The van der Waals surface area contributed by atoms with E-state index >= 15 is 0 Å². The minimum atomic E-state index is -0.0989. The van der Waals surface area contributed by atoms with Crippen LogP contribution in [0.1, 0.15) is 11.1 Å². The van der Waals surface area contributed by atoms with Crippen molar-refractivity contribution in [2.45, 2.75) is 18.1 Å². The molecule has 31 heavy (non-hydrogen) atoms. The van der Waals surface area contributed by atoms with Crippen molar-refractivity contribution in [1.29, 1.82) is 0 Å². The number of nitrogens with one attached hydrogen (secondary N) is 1. The Morgan fingerprint density at radius 3 is 2.65 bits per heavy atom. The van der Waals surface area contributed by atoms with Crippen LogP contribution >= 0.6 is 11.8 Å². The molecule has 2 aromatic carbocycles. The van der Waals surface area contributed by atoms with Crippen LogP contribution in [0.15, 0.2) is 95.2 Å². The third-order valence-corrected chi connectivity index (χ3v) is 5.60. The zero-order valence-electron chi connectivity index (χ0n) is 16.9. The van der Waals surface area contributed by atoms with Gasteiger partial charge in [-0.25, -0.2) is 0 Å². The lowest BCUT2D eigenvalue weighted by Crippen LogP contribution is -2.16. The lowest BCUT2D eigenvalue weighted by atomic mass is 10.0. The van der Waals surface area contributed by atoms with E-state index in [1.165, 1.54) is 17.3 Å². The predicted octanol–water partition coefficient (Wildman–Crippen LogP) is 5.05. The maximum absolute atomic E-state index is 12.7. The normalized spacial score (nSPS) is 10.7. The molecule has 0 fully saturated rings. The van der Waals surface area contributed by atoms with Gasteiger partial charge >= 0.3 is 0 Å². The fraction of sp³-hybridized carbons (Fsp3) is 0.125. The number of hydrogen-bond donors (Lipinski definition) is 1. The van der Waals surface area contributed by atoms with Crippen LogP contribution in [0.3, 0.4) is 0 Å². The summed E-state index contributed by atoms with van der Waals surface area (Å²) in [4.78, 5) is 12.7. The van der Waals surface area contributed by atoms with Crippen molar-refractivity contribution in [1.82, 2.24) is 14.8 Å². The Hall–Kier alpha value is -3.58. The van der Waals surface area contributed by atoms with Gasteiger partial charge in [-0.15, -0.1) is 16.8 Å². The number of hydrogen-bond acceptors (Lipinski definition) is 5. The highest BCUT2D eigenvalue weighted by molar-refractivity contribution is 7.99. The molecule has 0 aliphatic carbocycles. The summed E-state index contributed by atoms with van der Waals surface area (Å²) >= 11 is 1.33. The van der Waals surface area contributed by atoms with Crippen LogP contribution in [0.4, 0.5) is 5.69 Å². The molecule has 2 heterocycles. The molecule has 4 rings (SSSR count). The highest BCUT2D eigenvalue weighted by Gasteiger charge is 2.17. The van der Waals surface area contributed by atoms with Crippen molar-refractivity contribution in [2.24, 2.45) is 0 Å². The SMILES string of the molecule is C=CCn1c(SCC(=O)Nc2ccccc2Cc2ccccc2)nnc1-c1ccco1. The van der Waals surface area contributed by atoms with Gasteiger partial charge in [-0.1, -0.05) is 66.4 Å². The fourth-order valence-electron chi connectivity index (χ4n) is 3.21. The summed E-state index contributed by atoms with van der Waals surface area (Å²) < 4.78 is 7.32. The molecule has 6 nitrogen and oxygen atoms in total. The second kappa shape index (κ2) is 9.95. The summed E-state index contributed by atoms with van der Waals surface area (Å²) in [7, 11) is 0. The van der Waals surface area contributed by atoms with Gasteiger partial charge in [0.1, 0.15) is 0 Å². The number of carbonyl (C=O) groups excluding carboxylic acids is 1. The van der Waals surface area contributed by atoms with Gasteiger partial charge in [-0.3, -0.25) is 9.36 Å². The number of amides is 1.